The summed E-state index contributed by atoms with van der Waals surface area (Å²) < 4.78 is 73.2. The number of hydrogen-bond acceptors (Lipinski definition) is 3. The van der Waals surface area contributed by atoms with Crippen molar-refractivity contribution in [3.8, 4) is 11.3 Å². The van der Waals surface area contributed by atoms with Crippen LogP contribution in [0.15, 0.2) is 47.5 Å². The van der Waals surface area contributed by atoms with Gasteiger partial charge in [-0.15, -0.1) is 0 Å². The van der Waals surface area contributed by atoms with Crippen molar-refractivity contribution in [2.24, 2.45) is 5.92 Å². The highest BCUT2D eigenvalue weighted by Crippen LogP contribution is 2.45. The van der Waals surface area contributed by atoms with Gasteiger partial charge in [-0.2, -0.15) is 5.10 Å². The van der Waals surface area contributed by atoms with Crippen molar-refractivity contribution < 1.29 is 21.6 Å². The number of sulfonamides is 1. The highest BCUT2D eigenvalue weighted by Gasteiger charge is 2.39. The molecule has 0 radical (unpaired) electrons. The van der Waals surface area contributed by atoms with Gasteiger partial charge in [-0.25, -0.2) is 26.3 Å². The highest BCUT2D eigenvalue weighted by atomic mass is 32.2. The van der Waals surface area contributed by atoms with Gasteiger partial charge < -0.3 is 0 Å². The Morgan fingerprint density at radius 3 is 2.21 bits per heavy atom. The van der Waals surface area contributed by atoms with Gasteiger partial charge in [0, 0.05) is 17.2 Å². The molecule has 0 saturated heterocycles. The number of aryl methyl sites for hydroxylation is 1. The zero-order chi connectivity index (χ0) is 24.1. The molecule has 1 N–H and O–H groups in total. The van der Waals surface area contributed by atoms with Crippen LogP contribution in [0.25, 0.3) is 11.3 Å². The van der Waals surface area contributed by atoms with Gasteiger partial charge >= 0.3 is 0 Å². The van der Waals surface area contributed by atoms with Crippen LogP contribution < -0.4 is 4.72 Å². The molecule has 3 aromatic rings. The van der Waals surface area contributed by atoms with Crippen LogP contribution in [0.2, 0.25) is 0 Å². The second kappa shape index (κ2) is 8.29. The van der Waals surface area contributed by atoms with Gasteiger partial charge in [-0.3, -0.25) is 4.68 Å². The molecule has 0 spiro atoms. The maximum absolute atomic E-state index is 14.9. The summed E-state index contributed by atoms with van der Waals surface area (Å²) in [6.07, 6.45) is 3.05. The van der Waals surface area contributed by atoms with Crippen molar-refractivity contribution in [1.82, 2.24) is 14.5 Å². The van der Waals surface area contributed by atoms with E-state index in [-0.39, 0.29) is 22.1 Å². The van der Waals surface area contributed by atoms with E-state index in [2.05, 4.69) is 9.82 Å². The second-order valence-electron chi connectivity index (χ2n) is 9.53. The summed E-state index contributed by atoms with van der Waals surface area (Å²) in [5, 5.41) is 4.40. The molecular weight excluding hydrogens is 451 g/mol. The monoisotopic (exact) mass is 477 g/mol. The van der Waals surface area contributed by atoms with Gasteiger partial charge in [0.2, 0.25) is 10.0 Å². The highest BCUT2D eigenvalue weighted by molar-refractivity contribution is 7.89. The van der Waals surface area contributed by atoms with Crippen molar-refractivity contribution in [3.63, 3.8) is 0 Å². The second-order valence-corrected chi connectivity index (χ2v) is 11.2. The molecule has 0 aliphatic heterocycles. The third-order valence-corrected chi connectivity index (χ3v) is 7.20. The number of hydrogen-bond donors (Lipinski definition) is 1. The lowest BCUT2D eigenvalue weighted by Gasteiger charge is -2.25. The van der Waals surface area contributed by atoms with Crippen LogP contribution in [-0.4, -0.2) is 18.2 Å². The van der Waals surface area contributed by atoms with E-state index in [0.717, 1.165) is 24.5 Å². The Bertz CT molecular complexity index is 1290. The summed E-state index contributed by atoms with van der Waals surface area (Å²) in [7, 11) is -3.89. The van der Waals surface area contributed by atoms with E-state index in [1.807, 2.05) is 27.7 Å². The Kier molecular flexibility index (Phi) is 5.90. The fourth-order valence-electron chi connectivity index (χ4n) is 3.87. The molecule has 1 heterocycles. The number of nitrogens with zero attached hydrogens (tertiary/aromatic N) is 2. The van der Waals surface area contributed by atoms with Crippen LogP contribution in [-0.2, 0) is 15.6 Å². The summed E-state index contributed by atoms with van der Waals surface area (Å²) in [4.78, 5) is 0.113. The van der Waals surface area contributed by atoms with Crippen molar-refractivity contribution >= 4 is 10.0 Å². The van der Waals surface area contributed by atoms with E-state index >= 15 is 0 Å². The molecule has 1 atom stereocenters. The van der Waals surface area contributed by atoms with E-state index in [0.29, 0.717) is 11.6 Å². The maximum Gasteiger partial charge on any atom is 0.241 e. The molecule has 2 aromatic carbocycles. The summed E-state index contributed by atoms with van der Waals surface area (Å²) in [5.74, 6) is -3.45. The Labute approximate surface area is 191 Å². The predicted molar refractivity (Wildman–Crippen MR) is 119 cm³/mol. The average molecular weight is 478 g/mol. The SMILES string of the molecule is Cc1ccc(S(=O)(=O)N[C@@H](c2cnn(C(C)(C)C)c2-c2cc(F)c(F)cc2F)C2CC2)cc1. The molecule has 176 valence electrons. The average Bonchev–Trinajstić information content (AvgIpc) is 3.46. The van der Waals surface area contributed by atoms with Crippen molar-refractivity contribution in [1.29, 1.82) is 0 Å². The number of nitrogens with one attached hydrogen (secondary N) is 1. The lowest BCUT2D eigenvalue weighted by molar-refractivity contribution is 0.359. The minimum atomic E-state index is -3.89. The standard InChI is InChI=1S/C24H26F3N3O2S/c1-14-5-9-16(10-6-14)33(31,32)29-22(15-7-8-15)18-13-28-30(24(2,3)4)23(18)17-11-20(26)21(27)12-19(17)25/h5-6,9-13,15,22,29H,7-8H2,1-4H3/t22-/m1/s1. The Hall–Kier alpha value is -2.65. The third kappa shape index (κ3) is 4.70. The number of halogens is 3. The first-order valence-corrected chi connectivity index (χ1v) is 12.2. The number of rotatable bonds is 6. The van der Waals surface area contributed by atoms with Gasteiger partial charge in [-0.05, 0) is 64.7 Å². The van der Waals surface area contributed by atoms with Crippen molar-refractivity contribution in [3.05, 3.63) is 71.2 Å². The molecule has 1 saturated carbocycles. The minimum Gasteiger partial charge on any atom is -0.259 e. The van der Waals surface area contributed by atoms with E-state index < -0.39 is 39.1 Å². The van der Waals surface area contributed by atoms with Crippen LogP contribution >= 0.6 is 0 Å². The van der Waals surface area contributed by atoms with Crippen LogP contribution in [0, 0.1) is 30.3 Å². The molecule has 1 aliphatic rings. The first kappa shape index (κ1) is 23.5. The molecule has 0 amide bonds. The number of benzene rings is 2. The van der Waals surface area contributed by atoms with Gasteiger partial charge in [0.25, 0.3) is 0 Å². The van der Waals surface area contributed by atoms with E-state index in [1.165, 1.54) is 23.0 Å². The fraction of sp³-hybridized carbons (Fsp3) is 0.375. The van der Waals surface area contributed by atoms with Gasteiger partial charge in [0.05, 0.1) is 28.4 Å². The first-order chi connectivity index (χ1) is 15.4. The van der Waals surface area contributed by atoms with E-state index in [9.17, 15) is 21.6 Å². The minimum absolute atomic E-state index is 0.0186. The zero-order valence-electron chi connectivity index (χ0n) is 18.9. The molecule has 0 bridgehead atoms. The maximum atomic E-state index is 14.9. The van der Waals surface area contributed by atoms with Gasteiger partial charge in [0.15, 0.2) is 11.6 Å². The molecule has 33 heavy (non-hydrogen) atoms. The summed E-state index contributed by atoms with van der Waals surface area (Å²) >= 11 is 0. The van der Waals surface area contributed by atoms with E-state index in [4.69, 9.17) is 0 Å². The molecule has 1 aliphatic carbocycles. The topological polar surface area (TPSA) is 64.0 Å². The summed E-state index contributed by atoms with van der Waals surface area (Å²) in [6.45, 7) is 7.38. The smallest absolute Gasteiger partial charge is 0.241 e. The fourth-order valence-corrected chi connectivity index (χ4v) is 5.15. The van der Waals surface area contributed by atoms with Gasteiger partial charge in [0.1, 0.15) is 5.82 Å². The van der Waals surface area contributed by atoms with Gasteiger partial charge in [-0.1, -0.05) is 17.7 Å². The number of aromatic nitrogens is 2. The quantitative estimate of drug-likeness (QED) is 0.480. The van der Waals surface area contributed by atoms with Crippen LogP contribution in [0.4, 0.5) is 13.2 Å². The zero-order valence-corrected chi connectivity index (χ0v) is 19.7. The molecule has 9 heteroatoms. The van der Waals surface area contributed by atoms with Crippen molar-refractivity contribution in [2.75, 3.05) is 0 Å². The van der Waals surface area contributed by atoms with Crippen LogP contribution in [0.1, 0.15) is 50.8 Å². The van der Waals surface area contributed by atoms with Crippen LogP contribution in [0.3, 0.4) is 0 Å². The summed E-state index contributed by atoms with van der Waals surface area (Å²) in [5.41, 5.74) is 0.775. The first-order valence-electron chi connectivity index (χ1n) is 10.7. The summed E-state index contributed by atoms with van der Waals surface area (Å²) in [6, 6.07) is 7.06. The Morgan fingerprint density at radius 1 is 1.03 bits per heavy atom. The molecule has 1 fully saturated rings. The van der Waals surface area contributed by atoms with Crippen molar-refractivity contribution in [2.45, 2.75) is 57.0 Å². The Balaban J connectivity index is 1.86. The predicted octanol–water partition coefficient (Wildman–Crippen LogP) is 5.46. The molecular formula is C24H26F3N3O2S. The molecule has 4 rings (SSSR count). The molecule has 5 nitrogen and oxygen atoms in total. The normalized spacial score (nSPS) is 15.6. The largest absolute Gasteiger partial charge is 0.259 e. The third-order valence-electron chi connectivity index (χ3n) is 5.74. The lowest BCUT2D eigenvalue weighted by Crippen LogP contribution is -2.31. The molecule has 0 unspecified atom stereocenters. The van der Waals surface area contributed by atoms with E-state index in [1.54, 1.807) is 12.1 Å². The lowest BCUT2D eigenvalue weighted by atomic mass is 9.97. The molecule has 1 aromatic heterocycles. The van der Waals surface area contributed by atoms with Crippen LogP contribution in [0.5, 0.6) is 0 Å². The Morgan fingerprint density at radius 2 is 1.64 bits per heavy atom.